The van der Waals surface area contributed by atoms with Crippen LogP contribution < -0.4 is 10.0 Å². The molecule has 0 aliphatic rings. The third-order valence-corrected chi connectivity index (χ3v) is 7.00. The van der Waals surface area contributed by atoms with E-state index < -0.39 is 49.1 Å². The lowest BCUT2D eigenvalue weighted by Crippen LogP contribution is -2.33. The number of carbonyl (C=O) groups excluding carboxylic acids is 1. The van der Waals surface area contributed by atoms with E-state index >= 15 is 0 Å². The van der Waals surface area contributed by atoms with Crippen molar-refractivity contribution in [3.63, 3.8) is 0 Å². The molecular formula is C17H18F3N3O5S2. The van der Waals surface area contributed by atoms with E-state index in [2.05, 4.69) is 5.32 Å². The van der Waals surface area contributed by atoms with Gasteiger partial charge in [0.2, 0.25) is 26.0 Å². The van der Waals surface area contributed by atoms with Crippen LogP contribution in [-0.4, -0.2) is 47.7 Å². The molecule has 8 nitrogen and oxygen atoms in total. The topological polar surface area (TPSA) is 113 Å². The van der Waals surface area contributed by atoms with Crippen LogP contribution in [0.4, 0.5) is 18.9 Å². The Kier molecular flexibility index (Phi) is 6.91. The number of hydrogen-bond donors (Lipinski definition) is 2. The standard InChI is InChI=1S/C17H18F3N3O5S2/c1-23(2)30(27,28)15-8-4-6-13(10-15)22-16(24)11-21-29(25,26)14-7-3-5-12(9-14)17(18,19)20/h3-10,21H,11H2,1-2H3,(H,22,24). The van der Waals surface area contributed by atoms with Gasteiger partial charge in [-0.1, -0.05) is 12.1 Å². The van der Waals surface area contributed by atoms with Gasteiger partial charge in [-0.15, -0.1) is 0 Å². The van der Waals surface area contributed by atoms with Gasteiger partial charge in [-0.05, 0) is 36.4 Å². The Labute approximate surface area is 171 Å². The molecule has 2 aromatic rings. The number of amides is 1. The zero-order valence-electron chi connectivity index (χ0n) is 15.8. The highest BCUT2D eigenvalue weighted by atomic mass is 32.2. The third kappa shape index (κ3) is 5.78. The van der Waals surface area contributed by atoms with Crippen LogP contribution in [0.5, 0.6) is 0 Å². The molecule has 0 saturated heterocycles. The van der Waals surface area contributed by atoms with Gasteiger partial charge in [-0.3, -0.25) is 4.79 Å². The Morgan fingerprint density at radius 1 is 0.967 bits per heavy atom. The van der Waals surface area contributed by atoms with Gasteiger partial charge >= 0.3 is 6.18 Å². The van der Waals surface area contributed by atoms with E-state index in [1.165, 1.54) is 38.4 Å². The maximum Gasteiger partial charge on any atom is 0.416 e. The lowest BCUT2D eigenvalue weighted by atomic mass is 10.2. The second-order valence-corrected chi connectivity index (χ2v) is 10.1. The first-order valence-corrected chi connectivity index (χ1v) is 11.2. The number of carbonyl (C=O) groups is 1. The molecule has 30 heavy (non-hydrogen) atoms. The molecule has 13 heteroatoms. The summed E-state index contributed by atoms with van der Waals surface area (Å²) in [6.07, 6.45) is -4.72. The Morgan fingerprint density at radius 2 is 1.57 bits per heavy atom. The van der Waals surface area contributed by atoms with Crippen molar-refractivity contribution in [2.75, 3.05) is 26.0 Å². The summed E-state index contributed by atoms with van der Waals surface area (Å²) in [4.78, 5) is 11.3. The van der Waals surface area contributed by atoms with Crippen molar-refractivity contribution >= 4 is 31.6 Å². The molecule has 2 N–H and O–H groups in total. The number of anilines is 1. The van der Waals surface area contributed by atoms with Crippen LogP contribution in [-0.2, 0) is 31.0 Å². The second kappa shape index (κ2) is 8.71. The van der Waals surface area contributed by atoms with Crippen molar-refractivity contribution in [3.8, 4) is 0 Å². The fraction of sp³-hybridized carbons (Fsp3) is 0.235. The highest BCUT2D eigenvalue weighted by Gasteiger charge is 2.31. The number of rotatable bonds is 7. The van der Waals surface area contributed by atoms with E-state index in [0.717, 1.165) is 22.5 Å². The number of halogens is 3. The number of hydrogen-bond acceptors (Lipinski definition) is 5. The van der Waals surface area contributed by atoms with Gasteiger partial charge in [0.25, 0.3) is 0 Å². The molecule has 1 amide bonds. The molecule has 0 heterocycles. The Bertz CT molecular complexity index is 1150. The van der Waals surface area contributed by atoms with Crippen molar-refractivity contribution in [2.45, 2.75) is 16.0 Å². The first kappa shape index (κ1) is 23.8. The van der Waals surface area contributed by atoms with Crippen molar-refractivity contribution in [3.05, 3.63) is 54.1 Å². The van der Waals surface area contributed by atoms with Crippen molar-refractivity contribution in [1.82, 2.24) is 9.03 Å². The highest BCUT2D eigenvalue weighted by molar-refractivity contribution is 7.89. The van der Waals surface area contributed by atoms with Crippen LogP contribution in [0, 0.1) is 0 Å². The van der Waals surface area contributed by atoms with Crippen LogP contribution >= 0.6 is 0 Å². The van der Waals surface area contributed by atoms with Crippen molar-refractivity contribution < 1.29 is 34.8 Å². The van der Waals surface area contributed by atoms with Crippen LogP contribution in [0.3, 0.4) is 0 Å². The van der Waals surface area contributed by atoms with E-state index in [1.54, 1.807) is 0 Å². The molecular weight excluding hydrogens is 447 g/mol. The first-order valence-electron chi connectivity index (χ1n) is 8.23. The summed E-state index contributed by atoms with van der Waals surface area (Å²) in [7, 11) is -5.46. The van der Waals surface area contributed by atoms with Gasteiger partial charge < -0.3 is 5.32 Å². The number of sulfonamides is 2. The summed E-state index contributed by atoms with van der Waals surface area (Å²) in [6.45, 7) is -0.775. The molecule has 2 aromatic carbocycles. The Morgan fingerprint density at radius 3 is 2.17 bits per heavy atom. The third-order valence-electron chi connectivity index (χ3n) is 3.79. The fourth-order valence-electron chi connectivity index (χ4n) is 2.23. The zero-order valence-corrected chi connectivity index (χ0v) is 17.4. The molecule has 0 radical (unpaired) electrons. The molecule has 0 aliphatic heterocycles. The summed E-state index contributed by atoms with van der Waals surface area (Å²) < 4.78 is 89.8. The van der Waals surface area contributed by atoms with E-state index in [9.17, 15) is 34.8 Å². The lowest BCUT2D eigenvalue weighted by Gasteiger charge is -2.13. The first-order chi connectivity index (χ1) is 13.7. The smallest absolute Gasteiger partial charge is 0.325 e. The van der Waals surface area contributed by atoms with Crippen LogP contribution in [0.2, 0.25) is 0 Å². The predicted octanol–water partition coefficient (Wildman–Crippen LogP) is 1.87. The molecule has 0 atom stereocenters. The van der Waals surface area contributed by atoms with Gasteiger partial charge in [-0.2, -0.15) is 13.2 Å². The average molecular weight is 465 g/mol. The minimum absolute atomic E-state index is 0.0881. The molecule has 2 rings (SSSR count). The number of nitrogens with zero attached hydrogens (tertiary/aromatic N) is 1. The normalized spacial score (nSPS) is 12.7. The van der Waals surface area contributed by atoms with Crippen LogP contribution in [0.25, 0.3) is 0 Å². The zero-order chi connectivity index (χ0) is 22.7. The van der Waals surface area contributed by atoms with E-state index in [0.29, 0.717) is 6.07 Å². The summed E-state index contributed by atoms with van der Waals surface area (Å²) in [6, 6.07) is 8.37. The summed E-state index contributed by atoms with van der Waals surface area (Å²) in [5.74, 6) is -0.843. The van der Waals surface area contributed by atoms with Crippen molar-refractivity contribution in [1.29, 1.82) is 0 Å². The maximum absolute atomic E-state index is 12.8. The molecule has 0 aliphatic carbocycles. The maximum atomic E-state index is 12.8. The lowest BCUT2D eigenvalue weighted by molar-refractivity contribution is -0.137. The van der Waals surface area contributed by atoms with Gasteiger partial charge in [0, 0.05) is 19.8 Å². The fourth-order valence-corrected chi connectivity index (χ4v) is 4.21. The predicted molar refractivity (Wildman–Crippen MR) is 103 cm³/mol. The SMILES string of the molecule is CN(C)S(=O)(=O)c1cccc(NC(=O)CNS(=O)(=O)c2cccc(C(F)(F)F)c2)c1. The molecule has 0 bridgehead atoms. The largest absolute Gasteiger partial charge is 0.416 e. The molecule has 0 saturated carbocycles. The molecule has 0 unspecified atom stereocenters. The molecule has 0 spiro atoms. The van der Waals surface area contributed by atoms with Gasteiger partial charge in [0.15, 0.2) is 0 Å². The summed E-state index contributed by atoms with van der Waals surface area (Å²) in [5.41, 5.74) is -1.05. The summed E-state index contributed by atoms with van der Waals surface area (Å²) in [5, 5.41) is 2.32. The van der Waals surface area contributed by atoms with Gasteiger partial charge in [0.05, 0.1) is 21.9 Å². The quantitative estimate of drug-likeness (QED) is 0.648. The Hall–Kier alpha value is -2.48. The number of benzene rings is 2. The van der Waals surface area contributed by atoms with Gasteiger partial charge in [0.1, 0.15) is 0 Å². The van der Waals surface area contributed by atoms with E-state index in [1.807, 2.05) is 4.72 Å². The highest BCUT2D eigenvalue weighted by Crippen LogP contribution is 2.30. The van der Waals surface area contributed by atoms with Crippen molar-refractivity contribution in [2.24, 2.45) is 0 Å². The minimum Gasteiger partial charge on any atom is -0.325 e. The summed E-state index contributed by atoms with van der Waals surface area (Å²) >= 11 is 0. The second-order valence-electron chi connectivity index (χ2n) is 6.21. The Balaban J connectivity index is 2.10. The van der Waals surface area contributed by atoms with E-state index in [4.69, 9.17) is 0 Å². The number of alkyl halides is 3. The van der Waals surface area contributed by atoms with Crippen LogP contribution in [0.15, 0.2) is 58.3 Å². The minimum atomic E-state index is -4.72. The van der Waals surface area contributed by atoms with Gasteiger partial charge in [-0.25, -0.2) is 25.9 Å². The van der Waals surface area contributed by atoms with Crippen LogP contribution in [0.1, 0.15) is 5.56 Å². The molecule has 164 valence electrons. The number of nitrogens with one attached hydrogen (secondary N) is 2. The molecule has 0 aromatic heterocycles. The molecule has 0 fully saturated rings. The average Bonchev–Trinajstić information content (AvgIpc) is 2.66. The van der Waals surface area contributed by atoms with E-state index in [-0.39, 0.29) is 10.6 Å². The monoisotopic (exact) mass is 465 g/mol.